The number of Topliss-reactive ketones (excluding diaryl/α,β-unsaturated/α-hetero) is 1. The zero-order valence-corrected chi connectivity index (χ0v) is 12.0. The molecule has 0 rings (SSSR count). The van der Waals surface area contributed by atoms with Crippen LogP contribution in [0.15, 0.2) is 0 Å². The zero-order chi connectivity index (χ0) is 13.5. The smallest absolute Gasteiger partial charge is 0.129 e. The summed E-state index contributed by atoms with van der Waals surface area (Å²) < 4.78 is 0. The zero-order valence-electron chi connectivity index (χ0n) is 12.0. The summed E-state index contributed by atoms with van der Waals surface area (Å²) in [5, 5.41) is 12.2. The molecule has 0 fully saturated rings. The van der Waals surface area contributed by atoms with Crippen LogP contribution in [0.1, 0.15) is 60.3 Å². The molecule has 0 saturated carbocycles. The maximum absolute atomic E-state index is 10.9. The van der Waals surface area contributed by atoms with Gasteiger partial charge >= 0.3 is 0 Å². The van der Waals surface area contributed by atoms with Crippen LogP contribution in [-0.4, -0.2) is 23.7 Å². The van der Waals surface area contributed by atoms with Crippen molar-refractivity contribution < 1.29 is 9.90 Å². The third-order valence-electron chi connectivity index (χ3n) is 3.05. The largest absolute Gasteiger partial charge is 0.379 e. The van der Waals surface area contributed by atoms with Gasteiger partial charge in [-0.1, -0.05) is 20.8 Å². The van der Waals surface area contributed by atoms with Crippen molar-refractivity contribution in [1.82, 2.24) is 5.32 Å². The van der Waals surface area contributed by atoms with Crippen molar-refractivity contribution in [3.63, 3.8) is 0 Å². The first-order valence-electron chi connectivity index (χ1n) is 6.64. The molecule has 3 nitrogen and oxygen atoms in total. The molecule has 0 aromatic rings. The molecule has 1 unspecified atom stereocenters. The van der Waals surface area contributed by atoms with Crippen LogP contribution in [0.25, 0.3) is 0 Å². The van der Waals surface area contributed by atoms with Gasteiger partial charge in [0, 0.05) is 13.0 Å². The van der Waals surface area contributed by atoms with Crippen molar-refractivity contribution in [3.05, 3.63) is 0 Å². The van der Waals surface area contributed by atoms with E-state index in [0.717, 1.165) is 25.8 Å². The average molecular weight is 243 g/mol. The lowest BCUT2D eigenvalue weighted by Gasteiger charge is -2.28. The Labute approximate surface area is 106 Å². The van der Waals surface area contributed by atoms with Crippen molar-refractivity contribution in [2.45, 2.75) is 66.5 Å². The van der Waals surface area contributed by atoms with Crippen LogP contribution in [-0.2, 0) is 4.79 Å². The van der Waals surface area contributed by atoms with Gasteiger partial charge in [-0.3, -0.25) is 5.32 Å². The van der Waals surface area contributed by atoms with E-state index in [0.29, 0.717) is 12.3 Å². The Bertz CT molecular complexity index is 224. The summed E-state index contributed by atoms with van der Waals surface area (Å²) in [5.41, 5.74) is 0.273. The van der Waals surface area contributed by atoms with Crippen molar-refractivity contribution in [2.24, 2.45) is 11.3 Å². The topological polar surface area (TPSA) is 49.3 Å². The molecule has 0 aromatic heterocycles. The van der Waals surface area contributed by atoms with Crippen molar-refractivity contribution in [1.29, 1.82) is 0 Å². The number of carbonyl (C=O) groups is 1. The van der Waals surface area contributed by atoms with Gasteiger partial charge in [-0.25, -0.2) is 0 Å². The molecule has 0 aromatic carbocycles. The van der Waals surface area contributed by atoms with Gasteiger partial charge in [-0.05, 0) is 44.4 Å². The Balaban J connectivity index is 3.85. The first-order valence-corrected chi connectivity index (χ1v) is 6.64. The van der Waals surface area contributed by atoms with Gasteiger partial charge in [-0.15, -0.1) is 0 Å². The molecule has 0 radical (unpaired) electrons. The van der Waals surface area contributed by atoms with Crippen LogP contribution in [0.2, 0.25) is 0 Å². The number of aliphatic hydroxyl groups excluding tert-OH is 1. The number of hydrogen-bond acceptors (Lipinski definition) is 3. The molecule has 3 heteroatoms. The highest BCUT2D eigenvalue weighted by molar-refractivity contribution is 5.75. The van der Waals surface area contributed by atoms with Crippen molar-refractivity contribution in [3.8, 4) is 0 Å². The molecule has 0 aliphatic carbocycles. The van der Waals surface area contributed by atoms with E-state index in [2.05, 4.69) is 26.1 Å². The number of hydrogen-bond donors (Lipinski definition) is 2. The summed E-state index contributed by atoms with van der Waals surface area (Å²) in [5.74, 6) is 0.821. The van der Waals surface area contributed by atoms with Crippen molar-refractivity contribution >= 4 is 5.78 Å². The molecule has 0 saturated heterocycles. The number of carbonyl (C=O) groups excluding carboxylic acids is 1. The number of ketones is 1. The third kappa shape index (κ3) is 10.5. The van der Waals surface area contributed by atoms with Gasteiger partial charge in [0.2, 0.25) is 0 Å². The second kappa shape index (κ2) is 7.83. The van der Waals surface area contributed by atoms with E-state index in [4.69, 9.17) is 5.11 Å². The second-order valence-corrected chi connectivity index (χ2v) is 6.11. The second-order valence-electron chi connectivity index (χ2n) is 6.11. The molecule has 2 N–H and O–H groups in total. The first kappa shape index (κ1) is 16.6. The molecule has 0 aliphatic rings. The third-order valence-corrected chi connectivity index (χ3v) is 3.05. The summed E-state index contributed by atoms with van der Waals surface area (Å²) >= 11 is 0. The Morgan fingerprint density at radius 2 is 1.94 bits per heavy atom. The van der Waals surface area contributed by atoms with Crippen LogP contribution in [0.5, 0.6) is 0 Å². The minimum atomic E-state index is -0.432. The Kier molecular flexibility index (Phi) is 7.64. The summed E-state index contributed by atoms with van der Waals surface area (Å²) in [4.78, 5) is 10.9. The van der Waals surface area contributed by atoms with Gasteiger partial charge in [0.05, 0.1) is 0 Å². The van der Waals surface area contributed by atoms with Crippen LogP contribution in [0, 0.1) is 11.3 Å². The normalized spacial score (nSPS) is 15.6. The lowest BCUT2D eigenvalue weighted by atomic mass is 9.79. The van der Waals surface area contributed by atoms with E-state index in [1.807, 2.05) is 0 Å². The minimum absolute atomic E-state index is 0.273. The minimum Gasteiger partial charge on any atom is -0.379 e. The van der Waals surface area contributed by atoms with E-state index >= 15 is 0 Å². The van der Waals surface area contributed by atoms with Crippen LogP contribution >= 0.6 is 0 Å². The first-order chi connectivity index (χ1) is 7.73. The van der Waals surface area contributed by atoms with Gasteiger partial charge in [0.15, 0.2) is 0 Å². The summed E-state index contributed by atoms with van der Waals surface area (Å²) in [7, 11) is 0. The van der Waals surface area contributed by atoms with Gasteiger partial charge in [-0.2, -0.15) is 0 Å². The molecule has 0 heterocycles. The molecule has 0 amide bonds. The Hall–Kier alpha value is -0.410. The Morgan fingerprint density at radius 1 is 1.35 bits per heavy atom. The number of nitrogens with one attached hydrogen (secondary N) is 1. The predicted octanol–water partition coefficient (Wildman–Crippen LogP) is 2.73. The van der Waals surface area contributed by atoms with Gasteiger partial charge in [0.1, 0.15) is 12.0 Å². The highest BCUT2D eigenvalue weighted by Crippen LogP contribution is 2.31. The van der Waals surface area contributed by atoms with Crippen molar-refractivity contribution in [2.75, 3.05) is 6.54 Å². The SMILES string of the molecule is CC(=O)CCCC(C)(C)CC(C)CN[C@@H](C)O. The molecule has 0 spiro atoms. The fourth-order valence-electron chi connectivity index (χ4n) is 2.31. The summed E-state index contributed by atoms with van der Waals surface area (Å²) in [6.07, 6.45) is 3.46. The molecule has 2 atom stereocenters. The molecule has 17 heavy (non-hydrogen) atoms. The highest BCUT2D eigenvalue weighted by atomic mass is 16.3. The fourth-order valence-corrected chi connectivity index (χ4v) is 2.31. The van der Waals surface area contributed by atoms with Crippen LogP contribution < -0.4 is 5.32 Å². The summed E-state index contributed by atoms with van der Waals surface area (Å²) in [6.45, 7) is 10.9. The standard InChI is InChI=1S/C14H29NO2/c1-11(10-15-13(3)17)9-14(4,5)8-6-7-12(2)16/h11,13,15,17H,6-10H2,1-5H3/t11?,13-/m1/s1. The van der Waals surface area contributed by atoms with Crippen LogP contribution in [0.4, 0.5) is 0 Å². The van der Waals surface area contributed by atoms with E-state index in [1.165, 1.54) is 0 Å². The lowest BCUT2D eigenvalue weighted by molar-refractivity contribution is -0.117. The monoisotopic (exact) mass is 243 g/mol. The number of aliphatic hydroxyl groups is 1. The van der Waals surface area contributed by atoms with Gasteiger partial charge in [0.25, 0.3) is 0 Å². The van der Waals surface area contributed by atoms with E-state index in [9.17, 15) is 4.79 Å². The molecule has 102 valence electrons. The maximum Gasteiger partial charge on any atom is 0.129 e. The van der Waals surface area contributed by atoms with E-state index in [-0.39, 0.29) is 11.2 Å². The van der Waals surface area contributed by atoms with Crippen LogP contribution in [0.3, 0.4) is 0 Å². The van der Waals surface area contributed by atoms with E-state index in [1.54, 1.807) is 13.8 Å². The van der Waals surface area contributed by atoms with Gasteiger partial charge < -0.3 is 9.90 Å². The molecule has 0 bridgehead atoms. The maximum atomic E-state index is 10.9. The Morgan fingerprint density at radius 3 is 2.41 bits per heavy atom. The molecule has 0 aliphatic heterocycles. The number of rotatable bonds is 9. The fraction of sp³-hybridized carbons (Fsp3) is 0.929. The predicted molar refractivity (Wildman–Crippen MR) is 71.8 cm³/mol. The molecular formula is C14H29NO2. The summed E-state index contributed by atoms with van der Waals surface area (Å²) in [6, 6.07) is 0. The average Bonchev–Trinajstić information content (AvgIpc) is 2.12. The quantitative estimate of drug-likeness (QED) is 0.612. The highest BCUT2D eigenvalue weighted by Gasteiger charge is 2.21. The lowest BCUT2D eigenvalue weighted by Crippen LogP contribution is -2.31. The van der Waals surface area contributed by atoms with E-state index < -0.39 is 6.23 Å². The molecular weight excluding hydrogens is 214 g/mol.